The lowest BCUT2D eigenvalue weighted by Crippen LogP contribution is -2.53. The van der Waals surface area contributed by atoms with Gasteiger partial charge in [0.1, 0.15) is 23.3 Å². The van der Waals surface area contributed by atoms with Crippen LogP contribution in [-0.4, -0.2) is 43.9 Å². The van der Waals surface area contributed by atoms with Crippen molar-refractivity contribution < 1.29 is 33.4 Å². The maximum absolute atomic E-state index is 14.3. The van der Waals surface area contributed by atoms with Crippen LogP contribution < -0.4 is 10.6 Å². The van der Waals surface area contributed by atoms with E-state index in [0.29, 0.717) is 24.1 Å². The number of carbonyl (C=O) groups is 4. The van der Waals surface area contributed by atoms with Gasteiger partial charge in [-0.05, 0) is 17.9 Å². The summed E-state index contributed by atoms with van der Waals surface area (Å²) < 4.78 is 16.2. The van der Waals surface area contributed by atoms with Gasteiger partial charge in [-0.15, -0.1) is 0 Å². The Morgan fingerprint density at radius 2 is 1.89 bits per heavy atom. The van der Waals surface area contributed by atoms with Crippen molar-refractivity contribution in [1.29, 1.82) is 0 Å². The van der Waals surface area contributed by atoms with Gasteiger partial charge in [0.15, 0.2) is 5.78 Å². The van der Waals surface area contributed by atoms with Gasteiger partial charge in [0.05, 0.1) is 19.3 Å². The van der Waals surface area contributed by atoms with Crippen LogP contribution in [0.5, 0.6) is 0 Å². The lowest BCUT2D eigenvalue weighted by Gasteiger charge is -2.42. The molecule has 0 unspecified atom stereocenters. The molecule has 0 radical (unpaired) electrons. The number of unbranched alkanes of at least 4 members (excludes halogenated alkanes) is 1. The van der Waals surface area contributed by atoms with Crippen molar-refractivity contribution in [2.45, 2.75) is 51.9 Å². The highest BCUT2D eigenvalue weighted by Gasteiger charge is 2.64. The molecular weight excluding hydrogens is 452 g/mol. The first-order valence-corrected chi connectivity index (χ1v) is 11.7. The van der Waals surface area contributed by atoms with Crippen LogP contribution in [0.25, 0.3) is 0 Å². The SMILES string of the molecule is CCCCOC(=O)C1=C(N)OC2=C(C(=O)CC(C)(C)C2)[C@@]12C(=O)N(CC(=O)OC)c1ccccc12. The van der Waals surface area contributed by atoms with E-state index in [1.807, 2.05) is 20.8 Å². The summed E-state index contributed by atoms with van der Waals surface area (Å²) in [4.78, 5) is 54.9. The molecule has 9 nitrogen and oxygen atoms in total. The van der Waals surface area contributed by atoms with E-state index in [-0.39, 0.29) is 41.6 Å². The average Bonchev–Trinajstić information content (AvgIpc) is 3.01. The van der Waals surface area contributed by atoms with Gasteiger partial charge in [-0.3, -0.25) is 19.3 Å². The molecule has 0 saturated heterocycles. The standard InChI is InChI=1S/C26H30N2O7/c1-5-6-11-34-23(31)21-22(27)35-18-13-25(2,3)12-17(29)20(18)26(21)15-9-7-8-10-16(15)28(24(26)32)14-19(30)33-4/h7-10H,5-6,11-14,27H2,1-4H3/t26-/m1/s1. The monoisotopic (exact) mass is 482 g/mol. The molecule has 4 rings (SSSR count). The number of esters is 2. The fourth-order valence-electron chi connectivity index (χ4n) is 5.19. The molecule has 0 bridgehead atoms. The van der Waals surface area contributed by atoms with Gasteiger partial charge in [0.2, 0.25) is 11.8 Å². The van der Waals surface area contributed by atoms with Crippen LogP contribution in [0.1, 0.15) is 52.0 Å². The molecule has 3 aliphatic rings. The summed E-state index contributed by atoms with van der Waals surface area (Å²) in [7, 11) is 1.22. The van der Waals surface area contributed by atoms with E-state index >= 15 is 0 Å². The van der Waals surface area contributed by atoms with Crippen molar-refractivity contribution in [2.24, 2.45) is 11.1 Å². The van der Waals surface area contributed by atoms with Crippen LogP contribution in [-0.2, 0) is 38.8 Å². The van der Waals surface area contributed by atoms with E-state index in [9.17, 15) is 19.2 Å². The van der Waals surface area contributed by atoms with Gasteiger partial charge >= 0.3 is 11.9 Å². The zero-order chi connectivity index (χ0) is 25.5. The van der Waals surface area contributed by atoms with E-state index in [1.54, 1.807) is 24.3 Å². The van der Waals surface area contributed by atoms with Crippen molar-refractivity contribution in [3.63, 3.8) is 0 Å². The number of amides is 1. The molecule has 0 aromatic heterocycles. The second-order valence-electron chi connectivity index (χ2n) is 9.80. The number of fused-ring (bicyclic) bond motifs is 3. The van der Waals surface area contributed by atoms with E-state index in [0.717, 1.165) is 6.42 Å². The molecule has 1 aromatic rings. The molecule has 2 heterocycles. The third kappa shape index (κ3) is 3.79. The van der Waals surface area contributed by atoms with Crippen molar-refractivity contribution in [1.82, 2.24) is 0 Å². The lowest BCUT2D eigenvalue weighted by molar-refractivity contribution is -0.142. The Hall–Kier alpha value is -3.62. The van der Waals surface area contributed by atoms with Crippen LogP contribution in [0.3, 0.4) is 0 Å². The van der Waals surface area contributed by atoms with E-state index in [2.05, 4.69) is 0 Å². The number of ketones is 1. The van der Waals surface area contributed by atoms with Crippen molar-refractivity contribution in [2.75, 3.05) is 25.2 Å². The maximum atomic E-state index is 14.3. The number of ether oxygens (including phenoxy) is 3. The average molecular weight is 483 g/mol. The second-order valence-corrected chi connectivity index (χ2v) is 9.80. The Morgan fingerprint density at radius 3 is 2.57 bits per heavy atom. The normalized spacial score (nSPS) is 22.7. The highest BCUT2D eigenvalue weighted by Crippen LogP contribution is 2.57. The molecular formula is C26H30N2O7. The molecule has 2 aliphatic heterocycles. The number of para-hydroxylation sites is 1. The summed E-state index contributed by atoms with van der Waals surface area (Å²) >= 11 is 0. The van der Waals surface area contributed by atoms with Crippen molar-refractivity contribution >= 4 is 29.3 Å². The molecule has 1 atom stereocenters. The van der Waals surface area contributed by atoms with Crippen LogP contribution in [0, 0.1) is 5.41 Å². The number of carbonyl (C=O) groups excluding carboxylic acids is 4. The first-order valence-electron chi connectivity index (χ1n) is 11.7. The highest BCUT2D eigenvalue weighted by molar-refractivity contribution is 6.24. The number of hydrogen-bond donors (Lipinski definition) is 1. The number of Topliss-reactive ketones (excluding diaryl/α,β-unsaturated/α-hetero) is 1. The Kier molecular flexibility index (Phi) is 6.21. The molecule has 186 valence electrons. The number of methoxy groups -OCH3 is 1. The van der Waals surface area contributed by atoms with Crippen molar-refractivity contribution in [3.8, 4) is 0 Å². The Labute approximate surface area is 203 Å². The fourth-order valence-corrected chi connectivity index (χ4v) is 5.19. The molecule has 1 spiro atoms. The minimum atomic E-state index is -1.88. The summed E-state index contributed by atoms with van der Waals surface area (Å²) in [5, 5.41) is 0. The maximum Gasteiger partial charge on any atom is 0.341 e. The molecule has 1 amide bonds. The van der Waals surface area contributed by atoms with Crippen LogP contribution in [0.4, 0.5) is 5.69 Å². The molecule has 0 fully saturated rings. The number of anilines is 1. The van der Waals surface area contributed by atoms with Gasteiger partial charge in [-0.1, -0.05) is 45.4 Å². The first-order chi connectivity index (χ1) is 16.6. The second kappa shape index (κ2) is 8.87. The zero-order valence-corrected chi connectivity index (χ0v) is 20.4. The summed E-state index contributed by atoms with van der Waals surface area (Å²) in [5.41, 5.74) is 4.64. The number of hydrogen-bond acceptors (Lipinski definition) is 8. The number of rotatable bonds is 6. The minimum Gasteiger partial charge on any atom is -0.468 e. The molecule has 9 heteroatoms. The van der Waals surface area contributed by atoms with Gasteiger partial charge in [-0.25, -0.2) is 4.79 Å². The number of nitrogens with zero attached hydrogens (tertiary/aromatic N) is 1. The summed E-state index contributed by atoms with van der Waals surface area (Å²) in [6.45, 7) is 5.53. The van der Waals surface area contributed by atoms with Crippen LogP contribution >= 0.6 is 0 Å². The number of nitrogens with two attached hydrogens (primary N) is 1. The van der Waals surface area contributed by atoms with Crippen LogP contribution in [0.15, 0.2) is 47.1 Å². The highest BCUT2D eigenvalue weighted by atomic mass is 16.5. The Balaban J connectivity index is 1.99. The zero-order valence-electron chi connectivity index (χ0n) is 20.4. The van der Waals surface area contributed by atoms with Gasteiger partial charge in [0.25, 0.3) is 0 Å². The molecule has 0 saturated carbocycles. The van der Waals surface area contributed by atoms with Crippen LogP contribution in [0.2, 0.25) is 0 Å². The Morgan fingerprint density at radius 1 is 1.17 bits per heavy atom. The third-order valence-electron chi connectivity index (χ3n) is 6.68. The summed E-state index contributed by atoms with van der Waals surface area (Å²) in [5.74, 6) is -2.45. The van der Waals surface area contributed by atoms with E-state index in [4.69, 9.17) is 19.9 Å². The smallest absolute Gasteiger partial charge is 0.341 e. The van der Waals surface area contributed by atoms with Crippen molar-refractivity contribution in [3.05, 3.63) is 52.6 Å². The fraction of sp³-hybridized carbons (Fsp3) is 0.462. The minimum absolute atomic E-state index is 0.0817. The molecule has 1 aromatic carbocycles. The predicted octanol–water partition coefficient (Wildman–Crippen LogP) is 2.63. The Bertz CT molecular complexity index is 1180. The topological polar surface area (TPSA) is 125 Å². The predicted molar refractivity (Wildman–Crippen MR) is 126 cm³/mol. The number of allylic oxidation sites excluding steroid dienone is 1. The van der Waals surface area contributed by atoms with Gasteiger partial charge in [-0.2, -0.15) is 0 Å². The van der Waals surface area contributed by atoms with Gasteiger partial charge in [0, 0.05) is 24.1 Å². The summed E-state index contributed by atoms with van der Waals surface area (Å²) in [6.07, 6.45) is 1.91. The lowest BCUT2D eigenvalue weighted by atomic mass is 9.62. The largest absolute Gasteiger partial charge is 0.468 e. The molecule has 1 aliphatic carbocycles. The summed E-state index contributed by atoms with van der Waals surface area (Å²) in [6, 6.07) is 6.75. The van der Waals surface area contributed by atoms with E-state index in [1.165, 1.54) is 12.0 Å². The molecule has 35 heavy (non-hydrogen) atoms. The van der Waals surface area contributed by atoms with Gasteiger partial charge < -0.3 is 19.9 Å². The van der Waals surface area contributed by atoms with E-state index < -0.39 is 35.2 Å². The molecule has 2 N–H and O–H groups in total. The number of benzene rings is 1. The first kappa shape index (κ1) is 24.5. The third-order valence-corrected chi connectivity index (χ3v) is 6.68. The quantitative estimate of drug-likeness (QED) is 0.485.